The fourth-order valence-electron chi connectivity index (χ4n) is 6.98. The number of aliphatic hydroxyl groups is 2. The van der Waals surface area contributed by atoms with Crippen LogP contribution in [0.4, 0.5) is 0 Å². The Kier molecular flexibility index (Phi) is 41.3. The maximum atomic E-state index is 12.4. The summed E-state index contributed by atoms with van der Waals surface area (Å²) < 4.78 is 0. The smallest absolute Gasteiger partial charge is 0.220 e. The third-order valence-electron chi connectivity index (χ3n) is 10.5. The number of amides is 1. The molecule has 4 heteroatoms. The average Bonchev–Trinajstić information content (AvgIpc) is 3.12. The normalized spacial score (nSPS) is 13.1. The molecule has 2 unspecified atom stereocenters. The van der Waals surface area contributed by atoms with Crippen LogP contribution in [0.2, 0.25) is 0 Å². The summed E-state index contributed by atoms with van der Waals surface area (Å²) in [7, 11) is 0. The summed E-state index contributed by atoms with van der Waals surface area (Å²) in [6, 6.07) is -0.535. The van der Waals surface area contributed by atoms with Gasteiger partial charge < -0.3 is 15.5 Å². The van der Waals surface area contributed by atoms with Gasteiger partial charge >= 0.3 is 0 Å². The van der Waals surface area contributed by atoms with Crippen molar-refractivity contribution in [1.82, 2.24) is 5.32 Å². The number of hydrogen-bond donors (Lipinski definition) is 3. The maximum absolute atomic E-state index is 12.4. The van der Waals surface area contributed by atoms with Crippen molar-refractivity contribution in [3.8, 4) is 0 Å². The second kappa shape index (κ2) is 42.3. The third-order valence-corrected chi connectivity index (χ3v) is 10.5. The summed E-state index contributed by atoms with van der Waals surface area (Å²) >= 11 is 0. The Hall–Kier alpha value is -1.13. The van der Waals surface area contributed by atoms with E-state index in [0.717, 1.165) is 32.1 Å². The number of allylic oxidation sites excluding steroid dienone is 4. The summed E-state index contributed by atoms with van der Waals surface area (Å²) in [5.41, 5.74) is 0. The monoisotopic (exact) mass is 704 g/mol. The molecule has 0 bridgehead atoms. The number of rotatable bonds is 41. The topological polar surface area (TPSA) is 69.6 Å². The Balaban J connectivity index is 3.50. The molecule has 0 spiro atoms. The first-order valence-electron chi connectivity index (χ1n) is 22.5. The van der Waals surface area contributed by atoms with Crippen molar-refractivity contribution in [3.63, 3.8) is 0 Å². The van der Waals surface area contributed by atoms with Gasteiger partial charge in [-0.3, -0.25) is 4.79 Å². The summed E-state index contributed by atoms with van der Waals surface area (Å²) in [5, 5.41) is 23.2. The highest BCUT2D eigenvalue weighted by molar-refractivity contribution is 5.76. The van der Waals surface area contributed by atoms with Gasteiger partial charge in [0.05, 0.1) is 18.8 Å². The molecule has 0 aromatic carbocycles. The molecule has 0 radical (unpaired) electrons. The van der Waals surface area contributed by atoms with Gasteiger partial charge in [-0.1, -0.05) is 218 Å². The van der Waals surface area contributed by atoms with E-state index in [4.69, 9.17) is 0 Å². The number of aliphatic hydroxyl groups excluding tert-OH is 2. The summed E-state index contributed by atoms with van der Waals surface area (Å²) in [5.74, 6) is -0.0320. The van der Waals surface area contributed by atoms with Gasteiger partial charge in [0.15, 0.2) is 0 Å². The SMILES string of the molecule is CCCCCCC/C=C\C/C=C\CCCCCCCCCCCCCC(=O)NC(CO)C(O)CCCCCCCCCCCCCCCCC. The van der Waals surface area contributed by atoms with Gasteiger partial charge in [0.1, 0.15) is 0 Å². The van der Waals surface area contributed by atoms with E-state index in [0.29, 0.717) is 12.8 Å². The molecule has 0 aliphatic heterocycles. The molecule has 4 nitrogen and oxygen atoms in total. The van der Waals surface area contributed by atoms with Gasteiger partial charge in [-0.05, 0) is 44.9 Å². The summed E-state index contributed by atoms with van der Waals surface area (Å²) in [4.78, 5) is 12.4. The van der Waals surface area contributed by atoms with Gasteiger partial charge in [0.25, 0.3) is 0 Å². The van der Waals surface area contributed by atoms with E-state index in [-0.39, 0.29) is 12.5 Å². The summed E-state index contributed by atoms with van der Waals surface area (Å²) in [6.45, 7) is 4.36. The Bertz CT molecular complexity index is 720. The highest BCUT2D eigenvalue weighted by Crippen LogP contribution is 2.16. The lowest BCUT2D eigenvalue weighted by atomic mass is 10.0. The Morgan fingerprint density at radius 3 is 1.20 bits per heavy atom. The van der Waals surface area contributed by atoms with Crippen molar-refractivity contribution in [2.24, 2.45) is 0 Å². The van der Waals surface area contributed by atoms with Crippen molar-refractivity contribution < 1.29 is 15.0 Å². The highest BCUT2D eigenvalue weighted by atomic mass is 16.3. The Morgan fingerprint density at radius 1 is 0.480 bits per heavy atom. The zero-order chi connectivity index (χ0) is 36.4. The molecule has 0 aromatic rings. The zero-order valence-electron chi connectivity index (χ0n) is 33.9. The number of carbonyl (C=O) groups excluding carboxylic acids is 1. The van der Waals surface area contributed by atoms with E-state index in [2.05, 4.69) is 43.5 Å². The molecule has 0 aromatic heterocycles. The molecule has 0 aliphatic rings. The molecule has 0 saturated heterocycles. The van der Waals surface area contributed by atoms with Crippen LogP contribution in [0.1, 0.15) is 245 Å². The molecule has 2 atom stereocenters. The number of hydrogen-bond acceptors (Lipinski definition) is 3. The number of carbonyl (C=O) groups is 1. The molecular formula is C46H89NO3. The van der Waals surface area contributed by atoms with Crippen molar-refractivity contribution in [2.75, 3.05) is 6.61 Å². The van der Waals surface area contributed by atoms with Crippen LogP contribution in [0.25, 0.3) is 0 Å². The van der Waals surface area contributed by atoms with Crippen molar-refractivity contribution >= 4 is 5.91 Å². The van der Waals surface area contributed by atoms with Crippen LogP contribution < -0.4 is 5.32 Å². The predicted molar refractivity (Wildman–Crippen MR) is 221 cm³/mol. The Morgan fingerprint density at radius 2 is 0.820 bits per heavy atom. The first-order chi connectivity index (χ1) is 24.7. The van der Waals surface area contributed by atoms with Crippen LogP contribution in [-0.4, -0.2) is 34.9 Å². The standard InChI is InChI=1S/C46H89NO3/c1-3-5-7-9-11-13-15-17-19-20-21-22-23-24-25-26-28-30-32-34-36-38-40-42-46(50)47-44(43-48)45(49)41-39-37-35-33-31-29-27-18-16-14-12-10-8-6-4-2/h15,17,20-21,44-45,48-49H,3-14,16,18-19,22-43H2,1-2H3,(H,47,50)/b17-15-,21-20-. The van der Waals surface area contributed by atoms with Crippen LogP contribution in [0, 0.1) is 0 Å². The second-order valence-electron chi connectivity index (χ2n) is 15.5. The third kappa shape index (κ3) is 38.1. The second-order valence-corrected chi connectivity index (χ2v) is 15.5. The Labute approximate surface area is 313 Å². The van der Waals surface area contributed by atoms with Crippen LogP contribution in [0.5, 0.6) is 0 Å². The first kappa shape index (κ1) is 48.9. The molecular weight excluding hydrogens is 615 g/mol. The van der Waals surface area contributed by atoms with E-state index >= 15 is 0 Å². The van der Waals surface area contributed by atoms with Gasteiger partial charge in [-0.2, -0.15) is 0 Å². The quantitative estimate of drug-likeness (QED) is 0.0438. The minimum atomic E-state index is -0.658. The van der Waals surface area contributed by atoms with Crippen LogP contribution >= 0.6 is 0 Å². The lowest BCUT2D eigenvalue weighted by molar-refractivity contribution is -0.123. The largest absolute Gasteiger partial charge is 0.394 e. The molecule has 296 valence electrons. The van der Waals surface area contributed by atoms with Crippen LogP contribution in [-0.2, 0) is 4.79 Å². The molecule has 3 N–H and O–H groups in total. The molecule has 0 saturated carbocycles. The maximum Gasteiger partial charge on any atom is 0.220 e. The molecule has 50 heavy (non-hydrogen) atoms. The minimum absolute atomic E-state index is 0.0320. The molecule has 0 aliphatic carbocycles. The molecule has 0 heterocycles. The first-order valence-corrected chi connectivity index (χ1v) is 22.5. The lowest BCUT2D eigenvalue weighted by Gasteiger charge is -2.22. The average molecular weight is 704 g/mol. The van der Waals surface area contributed by atoms with E-state index in [9.17, 15) is 15.0 Å². The fourth-order valence-corrected chi connectivity index (χ4v) is 6.98. The van der Waals surface area contributed by atoms with Gasteiger partial charge in [0, 0.05) is 6.42 Å². The van der Waals surface area contributed by atoms with E-state index in [1.54, 1.807) is 0 Å². The fraction of sp³-hybridized carbons (Fsp3) is 0.891. The predicted octanol–water partition coefficient (Wildman–Crippen LogP) is 14.0. The van der Waals surface area contributed by atoms with Gasteiger partial charge in [-0.15, -0.1) is 0 Å². The van der Waals surface area contributed by atoms with E-state index < -0.39 is 12.1 Å². The molecule has 0 rings (SSSR count). The lowest BCUT2D eigenvalue weighted by Crippen LogP contribution is -2.45. The number of nitrogens with one attached hydrogen (secondary N) is 1. The van der Waals surface area contributed by atoms with Crippen LogP contribution in [0.3, 0.4) is 0 Å². The summed E-state index contributed by atoms with van der Waals surface area (Å²) in [6.07, 6.45) is 54.0. The van der Waals surface area contributed by atoms with Gasteiger partial charge in [-0.25, -0.2) is 0 Å². The van der Waals surface area contributed by atoms with Crippen molar-refractivity contribution in [1.29, 1.82) is 0 Å². The van der Waals surface area contributed by atoms with Gasteiger partial charge in [0.2, 0.25) is 5.91 Å². The van der Waals surface area contributed by atoms with Crippen molar-refractivity contribution in [3.05, 3.63) is 24.3 Å². The minimum Gasteiger partial charge on any atom is -0.394 e. The molecule has 1 amide bonds. The van der Waals surface area contributed by atoms with Crippen molar-refractivity contribution in [2.45, 2.75) is 257 Å². The van der Waals surface area contributed by atoms with E-state index in [1.165, 1.54) is 186 Å². The number of unbranched alkanes of at least 4 members (excludes halogenated alkanes) is 30. The van der Waals surface area contributed by atoms with E-state index in [1.807, 2.05) is 0 Å². The van der Waals surface area contributed by atoms with Crippen LogP contribution in [0.15, 0.2) is 24.3 Å². The zero-order valence-corrected chi connectivity index (χ0v) is 33.9. The molecule has 0 fully saturated rings. The highest BCUT2D eigenvalue weighted by Gasteiger charge is 2.20.